The molecule has 0 fully saturated rings. The third kappa shape index (κ3) is 3.32. The highest BCUT2D eigenvalue weighted by atomic mass is 32.2. The van der Waals surface area contributed by atoms with Crippen LogP contribution in [0, 0.1) is 10.1 Å². The van der Waals surface area contributed by atoms with E-state index in [0.29, 0.717) is 16.5 Å². The molecule has 3 aromatic rings. The molecule has 128 valence electrons. The zero-order valence-electron chi connectivity index (χ0n) is 13.5. The number of anilines is 1. The van der Waals surface area contributed by atoms with Gasteiger partial charge in [-0.2, -0.15) is 0 Å². The molecular weight excluding hydrogens is 340 g/mol. The van der Waals surface area contributed by atoms with Crippen molar-refractivity contribution in [2.24, 2.45) is 0 Å². The van der Waals surface area contributed by atoms with Gasteiger partial charge in [-0.05, 0) is 36.2 Å². The van der Waals surface area contributed by atoms with Gasteiger partial charge in [-0.25, -0.2) is 8.42 Å². The third-order valence-electron chi connectivity index (χ3n) is 3.98. The van der Waals surface area contributed by atoms with Gasteiger partial charge in [0.15, 0.2) is 0 Å². The minimum absolute atomic E-state index is 0.0640. The number of nitrogens with one attached hydrogen (secondary N) is 1. The molecule has 0 atom stereocenters. The van der Waals surface area contributed by atoms with Crippen LogP contribution >= 0.6 is 0 Å². The van der Waals surface area contributed by atoms with E-state index in [-0.39, 0.29) is 10.6 Å². The van der Waals surface area contributed by atoms with Crippen molar-refractivity contribution in [3.8, 4) is 0 Å². The molecule has 0 bridgehead atoms. The summed E-state index contributed by atoms with van der Waals surface area (Å²) in [5.41, 5.74) is 1.28. The van der Waals surface area contributed by atoms with Gasteiger partial charge in [0.1, 0.15) is 0 Å². The number of aryl methyl sites for hydroxylation is 1. The van der Waals surface area contributed by atoms with Gasteiger partial charge in [-0.1, -0.05) is 37.3 Å². The normalized spacial score (nSPS) is 11.4. The largest absolute Gasteiger partial charge is 0.279 e. The molecule has 6 nitrogen and oxygen atoms in total. The average Bonchev–Trinajstić information content (AvgIpc) is 2.61. The summed E-state index contributed by atoms with van der Waals surface area (Å²) in [6, 6.07) is 16.0. The Balaban J connectivity index is 2.05. The molecule has 0 spiro atoms. The lowest BCUT2D eigenvalue weighted by Gasteiger charge is -2.11. The molecule has 0 heterocycles. The number of nitro groups is 1. The predicted molar refractivity (Wildman–Crippen MR) is 97.2 cm³/mol. The number of fused-ring (bicyclic) bond motifs is 1. The highest BCUT2D eigenvalue weighted by molar-refractivity contribution is 7.92. The number of benzene rings is 3. The van der Waals surface area contributed by atoms with Crippen LogP contribution < -0.4 is 4.72 Å². The van der Waals surface area contributed by atoms with E-state index in [4.69, 9.17) is 0 Å². The summed E-state index contributed by atoms with van der Waals surface area (Å²) in [6.45, 7) is 1.99. The Kier molecular flexibility index (Phi) is 4.41. The molecule has 0 saturated carbocycles. The first-order chi connectivity index (χ1) is 11.9. The van der Waals surface area contributed by atoms with Crippen molar-refractivity contribution in [2.45, 2.75) is 18.2 Å². The van der Waals surface area contributed by atoms with Crippen molar-refractivity contribution in [2.75, 3.05) is 4.72 Å². The van der Waals surface area contributed by atoms with Crippen LogP contribution in [0.4, 0.5) is 11.4 Å². The van der Waals surface area contributed by atoms with Gasteiger partial charge < -0.3 is 0 Å². The summed E-state index contributed by atoms with van der Waals surface area (Å²) in [4.78, 5) is 10.8. The second-order valence-corrected chi connectivity index (χ2v) is 7.22. The lowest BCUT2D eigenvalue weighted by Crippen LogP contribution is -2.13. The Morgan fingerprint density at radius 3 is 2.20 bits per heavy atom. The lowest BCUT2D eigenvalue weighted by atomic mass is 10.1. The lowest BCUT2D eigenvalue weighted by molar-refractivity contribution is -0.383. The summed E-state index contributed by atoms with van der Waals surface area (Å²) >= 11 is 0. The molecule has 0 aromatic heterocycles. The highest BCUT2D eigenvalue weighted by Gasteiger charge is 2.19. The topological polar surface area (TPSA) is 89.3 Å². The summed E-state index contributed by atoms with van der Waals surface area (Å²) in [6.07, 6.45) is 0.820. The molecule has 0 amide bonds. The summed E-state index contributed by atoms with van der Waals surface area (Å²) in [5.74, 6) is 0. The Morgan fingerprint density at radius 2 is 1.60 bits per heavy atom. The number of non-ortho nitro benzene ring substituents is 1. The van der Waals surface area contributed by atoms with Gasteiger partial charge in [0.05, 0.1) is 20.9 Å². The van der Waals surface area contributed by atoms with Crippen LogP contribution in [0.3, 0.4) is 0 Å². The fraction of sp³-hybridized carbons (Fsp3) is 0.111. The quantitative estimate of drug-likeness (QED) is 0.550. The second kappa shape index (κ2) is 6.52. The zero-order valence-corrected chi connectivity index (χ0v) is 14.3. The van der Waals surface area contributed by atoms with Crippen LogP contribution in [-0.4, -0.2) is 13.3 Å². The fourth-order valence-corrected chi connectivity index (χ4v) is 3.72. The standard InChI is InChI=1S/C18H16N2O4S/c1-2-13-7-9-14(10-8-13)25(23,24)19-17-11-12-18(20(21)22)16-6-4-3-5-15(16)17/h3-12,19H,2H2,1H3. The fourth-order valence-electron chi connectivity index (χ4n) is 2.64. The molecule has 3 aromatic carbocycles. The average molecular weight is 356 g/mol. The van der Waals surface area contributed by atoms with E-state index in [1.165, 1.54) is 12.1 Å². The van der Waals surface area contributed by atoms with Crippen molar-refractivity contribution in [1.82, 2.24) is 0 Å². The van der Waals surface area contributed by atoms with E-state index < -0.39 is 14.9 Å². The Labute approximate surface area is 145 Å². The van der Waals surface area contributed by atoms with Gasteiger partial charge in [0.2, 0.25) is 0 Å². The number of sulfonamides is 1. The maximum atomic E-state index is 12.6. The third-order valence-corrected chi connectivity index (χ3v) is 5.37. The molecule has 0 aliphatic heterocycles. The monoisotopic (exact) mass is 356 g/mol. The van der Waals surface area contributed by atoms with E-state index in [0.717, 1.165) is 12.0 Å². The Hall–Kier alpha value is -2.93. The van der Waals surface area contributed by atoms with Crippen LogP contribution in [0.2, 0.25) is 0 Å². The molecule has 1 N–H and O–H groups in total. The smallest absolute Gasteiger partial charge is 0.277 e. The number of hydrogen-bond acceptors (Lipinski definition) is 4. The second-order valence-electron chi connectivity index (χ2n) is 5.54. The van der Waals surface area contributed by atoms with E-state index in [1.54, 1.807) is 48.5 Å². The Morgan fingerprint density at radius 1 is 0.960 bits per heavy atom. The first kappa shape index (κ1) is 16.9. The Bertz CT molecular complexity index is 1040. The van der Waals surface area contributed by atoms with Crippen molar-refractivity contribution in [3.63, 3.8) is 0 Å². The van der Waals surface area contributed by atoms with E-state index in [1.807, 2.05) is 6.92 Å². The van der Waals surface area contributed by atoms with Crippen LogP contribution in [0.15, 0.2) is 65.6 Å². The molecule has 0 aliphatic carbocycles. The molecule has 0 unspecified atom stereocenters. The molecule has 0 aliphatic rings. The minimum atomic E-state index is -3.78. The van der Waals surface area contributed by atoms with Gasteiger partial charge >= 0.3 is 0 Å². The molecule has 3 rings (SSSR count). The molecule has 25 heavy (non-hydrogen) atoms. The first-order valence-electron chi connectivity index (χ1n) is 7.70. The minimum Gasteiger partial charge on any atom is -0.279 e. The van der Waals surface area contributed by atoms with Crippen LogP contribution in [-0.2, 0) is 16.4 Å². The predicted octanol–water partition coefficient (Wildman–Crippen LogP) is 4.11. The summed E-state index contributed by atoms with van der Waals surface area (Å²) < 4.78 is 27.8. The summed E-state index contributed by atoms with van der Waals surface area (Å²) in [5, 5.41) is 12.0. The SMILES string of the molecule is CCc1ccc(S(=O)(=O)Nc2ccc([N+](=O)[O-])c3ccccc23)cc1. The molecule has 0 radical (unpaired) electrons. The van der Waals surface area contributed by atoms with Gasteiger partial charge in [-0.15, -0.1) is 0 Å². The number of hydrogen-bond donors (Lipinski definition) is 1. The van der Waals surface area contributed by atoms with E-state index in [2.05, 4.69) is 4.72 Å². The van der Waals surface area contributed by atoms with Gasteiger partial charge in [0.25, 0.3) is 15.7 Å². The molecular formula is C18H16N2O4S. The van der Waals surface area contributed by atoms with Crippen LogP contribution in [0.5, 0.6) is 0 Å². The summed E-state index contributed by atoms with van der Waals surface area (Å²) in [7, 11) is -3.78. The number of rotatable bonds is 5. The van der Waals surface area contributed by atoms with Crippen LogP contribution in [0.1, 0.15) is 12.5 Å². The highest BCUT2D eigenvalue weighted by Crippen LogP contribution is 2.32. The van der Waals surface area contributed by atoms with Gasteiger partial charge in [-0.3, -0.25) is 14.8 Å². The van der Waals surface area contributed by atoms with E-state index in [9.17, 15) is 18.5 Å². The maximum absolute atomic E-state index is 12.6. The molecule has 0 saturated heterocycles. The van der Waals surface area contributed by atoms with Crippen LogP contribution in [0.25, 0.3) is 10.8 Å². The number of nitro benzene ring substituents is 1. The maximum Gasteiger partial charge on any atom is 0.277 e. The zero-order chi connectivity index (χ0) is 18.0. The van der Waals surface area contributed by atoms with Crippen molar-refractivity contribution >= 4 is 32.2 Å². The van der Waals surface area contributed by atoms with Crippen molar-refractivity contribution in [3.05, 3.63) is 76.3 Å². The van der Waals surface area contributed by atoms with Crippen molar-refractivity contribution < 1.29 is 13.3 Å². The van der Waals surface area contributed by atoms with Gasteiger partial charge in [0, 0.05) is 11.5 Å². The molecule has 7 heteroatoms. The van der Waals surface area contributed by atoms with Crippen molar-refractivity contribution in [1.29, 1.82) is 0 Å². The first-order valence-corrected chi connectivity index (χ1v) is 9.18. The number of nitrogens with zero attached hydrogens (tertiary/aromatic N) is 1. The van der Waals surface area contributed by atoms with E-state index >= 15 is 0 Å².